The predicted octanol–water partition coefficient (Wildman–Crippen LogP) is 5.59. The fraction of sp³-hybridized carbons (Fsp3) is 0.238. The number of aromatic nitrogens is 3. The molecule has 7 nitrogen and oxygen atoms in total. The zero-order valence-electron chi connectivity index (χ0n) is 17.3. The average Bonchev–Trinajstić information content (AvgIpc) is 3.13. The van der Waals surface area contributed by atoms with Crippen molar-refractivity contribution in [2.24, 2.45) is 0 Å². The third-order valence-electron chi connectivity index (χ3n) is 4.42. The van der Waals surface area contributed by atoms with E-state index in [9.17, 15) is 9.59 Å². The maximum atomic E-state index is 12.5. The first-order valence-electron chi connectivity index (χ1n) is 9.62. The Balaban J connectivity index is 1.58. The van der Waals surface area contributed by atoms with Gasteiger partial charge in [-0.2, -0.15) is 0 Å². The second kappa shape index (κ2) is 11.2. The lowest BCUT2D eigenvalue weighted by Gasteiger charge is -2.09. The third-order valence-corrected chi connectivity index (χ3v) is 7.03. The van der Waals surface area contributed by atoms with Gasteiger partial charge < -0.3 is 15.2 Å². The molecular weight excluding hydrogens is 537 g/mol. The van der Waals surface area contributed by atoms with Crippen LogP contribution in [0.1, 0.15) is 18.3 Å². The number of benzene rings is 2. The fourth-order valence-electron chi connectivity index (χ4n) is 2.79. The van der Waals surface area contributed by atoms with Crippen LogP contribution in [0.5, 0.6) is 0 Å². The molecular formula is C21H20BrCl2N5O2S. The van der Waals surface area contributed by atoms with Gasteiger partial charge in [0.1, 0.15) is 5.82 Å². The van der Waals surface area contributed by atoms with Gasteiger partial charge in [0.25, 0.3) is 0 Å². The molecule has 0 unspecified atom stereocenters. The van der Waals surface area contributed by atoms with E-state index in [4.69, 9.17) is 23.2 Å². The van der Waals surface area contributed by atoms with Gasteiger partial charge >= 0.3 is 0 Å². The number of aryl methyl sites for hydroxylation is 1. The van der Waals surface area contributed by atoms with Crippen molar-refractivity contribution in [2.75, 3.05) is 16.4 Å². The van der Waals surface area contributed by atoms with Gasteiger partial charge in [0.15, 0.2) is 5.16 Å². The van der Waals surface area contributed by atoms with Gasteiger partial charge in [-0.15, -0.1) is 10.2 Å². The number of thioether (sulfide) groups is 1. The normalized spacial score (nSPS) is 10.8. The van der Waals surface area contributed by atoms with Crippen molar-refractivity contribution >= 4 is 74.1 Å². The molecule has 11 heteroatoms. The summed E-state index contributed by atoms with van der Waals surface area (Å²) in [4.78, 5) is 24.8. The second-order valence-electron chi connectivity index (χ2n) is 6.80. The maximum Gasteiger partial charge on any atom is 0.234 e. The molecule has 0 spiro atoms. The zero-order valence-corrected chi connectivity index (χ0v) is 21.2. The zero-order chi connectivity index (χ0) is 23.3. The number of nitrogens with one attached hydrogen (secondary N) is 2. The van der Waals surface area contributed by atoms with Crippen LogP contribution in [0, 0.1) is 6.92 Å². The number of rotatable bonds is 8. The molecule has 3 aromatic rings. The van der Waals surface area contributed by atoms with Gasteiger partial charge in [-0.3, -0.25) is 9.59 Å². The molecule has 0 aliphatic heterocycles. The molecule has 0 aliphatic rings. The Bertz CT molecular complexity index is 1160. The number of hydrogen-bond acceptors (Lipinski definition) is 5. The summed E-state index contributed by atoms with van der Waals surface area (Å²) >= 11 is 16.7. The van der Waals surface area contributed by atoms with E-state index in [1.807, 2.05) is 24.5 Å². The van der Waals surface area contributed by atoms with Gasteiger partial charge in [-0.05, 0) is 65.7 Å². The highest BCUT2D eigenvalue weighted by Crippen LogP contribution is 2.26. The standard InChI is InChI=1S/C21H20BrCl2N5O2S/c1-3-29-18(10-19(30)25-13-5-4-12(2)16(23)8-13)27-28-21(29)32-11-20(31)26-14-6-7-15(22)17(24)9-14/h4-9H,3,10-11H2,1-2H3,(H,25,30)(H,26,31). The van der Waals surface area contributed by atoms with Crippen LogP contribution in [0.15, 0.2) is 46.0 Å². The monoisotopic (exact) mass is 555 g/mol. The predicted molar refractivity (Wildman–Crippen MR) is 133 cm³/mol. The summed E-state index contributed by atoms with van der Waals surface area (Å²) in [5, 5.41) is 15.6. The Morgan fingerprint density at radius 1 is 1.03 bits per heavy atom. The van der Waals surface area contributed by atoms with Crippen LogP contribution in [-0.4, -0.2) is 32.3 Å². The summed E-state index contributed by atoms with van der Waals surface area (Å²) in [6, 6.07) is 10.5. The lowest BCUT2D eigenvalue weighted by atomic mass is 10.2. The van der Waals surface area contributed by atoms with Crippen molar-refractivity contribution in [1.29, 1.82) is 0 Å². The first-order chi connectivity index (χ1) is 15.3. The van der Waals surface area contributed by atoms with Gasteiger partial charge in [0, 0.05) is 27.4 Å². The van der Waals surface area contributed by atoms with Crippen LogP contribution < -0.4 is 10.6 Å². The molecule has 0 saturated heterocycles. The molecule has 1 heterocycles. The van der Waals surface area contributed by atoms with Crippen molar-refractivity contribution in [3.05, 3.63) is 62.3 Å². The highest BCUT2D eigenvalue weighted by atomic mass is 79.9. The first-order valence-corrected chi connectivity index (χ1v) is 12.2. The van der Waals surface area contributed by atoms with E-state index in [0.717, 1.165) is 10.0 Å². The van der Waals surface area contributed by atoms with E-state index >= 15 is 0 Å². The number of carbonyl (C=O) groups excluding carboxylic acids is 2. The minimum atomic E-state index is -0.228. The summed E-state index contributed by atoms with van der Waals surface area (Å²) in [7, 11) is 0. The lowest BCUT2D eigenvalue weighted by molar-refractivity contribution is -0.116. The van der Waals surface area contributed by atoms with E-state index in [-0.39, 0.29) is 24.0 Å². The number of hydrogen-bond donors (Lipinski definition) is 2. The van der Waals surface area contributed by atoms with Crippen LogP contribution in [0.25, 0.3) is 0 Å². The summed E-state index contributed by atoms with van der Waals surface area (Å²) in [6.07, 6.45) is 0.0521. The quantitative estimate of drug-likeness (QED) is 0.353. The molecule has 0 radical (unpaired) electrons. The smallest absolute Gasteiger partial charge is 0.234 e. The molecule has 32 heavy (non-hydrogen) atoms. The SMILES string of the molecule is CCn1c(CC(=O)Nc2ccc(C)c(Cl)c2)nnc1SCC(=O)Nc1ccc(Br)c(Cl)c1. The molecule has 3 rings (SSSR count). The lowest BCUT2D eigenvalue weighted by Crippen LogP contribution is -2.18. The van der Waals surface area contributed by atoms with Crippen molar-refractivity contribution in [3.8, 4) is 0 Å². The summed E-state index contributed by atoms with van der Waals surface area (Å²) < 4.78 is 2.57. The Labute approximate surface area is 208 Å². The molecule has 0 saturated carbocycles. The molecule has 0 bridgehead atoms. The highest BCUT2D eigenvalue weighted by molar-refractivity contribution is 9.10. The average molecular weight is 557 g/mol. The number of anilines is 2. The van der Waals surface area contributed by atoms with Gasteiger partial charge in [0.2, 0.25) is 11.8 Å². The molecule has 2 N–H and O–H groups in total. The largest absolute Gasteiger partial charge is 0.326 e. The Hall–Kier alpha value is -2.07. The Morgan fingerprint density at radius 3 is 2.34 bits per heavy atom. The van der Waals surface area contributed by atoms with Crippen LogP contribution in [0.4, 0.5) is 11.4 Å². The Morgan fingerprint density at radius 2 is 1.69 bits per heavy atom. The van der Waals surface area contributed by atoms with Gasteiger partial charge in [0.05, 0.1) is 17.2 Å². The summed E-state index contributed by atoms with van der Waals surface area (Å²) in [6.45, 7) is 4.39. The van der Waals surface area contributed by atoms with Crippen LogP contribution in [0.3, 0.4) is 0 Å². The summed E-state index contributed by atoms with van der Waals surface area (Å²) in [5.41, 5.74) is 2.16. The molecule has 0 aliphatic carbocycles. The van der Waals surface area contributed by atoms with Gasteiger partial charge in [-0.1, -0.05) is 41.0 Å². The van der Waals surface area contributed by atoms with E-state index < -0.39 is 0 Å². The maximum absolute atomic E-state index is 12.5. The molecule has 2 amide bonds. The van der Waals surface area contributed by atoms with E-state index in [1.54, 1.807) is 30.3 Å². The number of nitrogens with zero attached hydrogens (tertiary/aromatic N) is 3. The van der Waals surface area contributed by atoms with E-state index in [1.165, 1.54) is 11.8 Å². The number of amides is 2. The molecule has 1 aromatic heterocycles. The van der Waals surface area contributed by atoms with Gasteiger partial charge in [-0.25, -0.2) is 0 Å². The van der Waals surface area contributed by atoms with Crippen LogP contribution in [-0.2, 0) is 22.6 Å². The van der Waals surface area contributed by atoms with Crippen molar-refractivity contribution in [1.82, 2.24) is 14.8 Å². The molecule has 168 valence electrons. The summed E-state index contributed by atoms with van der Waals surface area (Å²) in [5.74, 6) is 0.230. The minimum absolute atomic E-state index is 0.0521. The fourth-order valence-corrected chi connectivity index (χ4v) is 4.22. The van der Waals surface area contributed by atoms with Crippen molar-refractivity contribution in [3.63, 3.8) is 0 Å². The second-order valence-corrected chi connectivity index (χ2v) is 9.41. The van der Waals surface area contributed by atoms with Crippen molar-refractivity contribution in [2.45, 2.75) is 32.0 Å². The third kappa shape index (κ3) is 6.48. The molecule has 0 atom stereocenters. The topological polar surface area (TPSA) is 88.9 Å². The van der Waals surface area contributed by atoms with Crippen LogP contribution in [0.2, 0.25) is 10.0 Å². The van der Waals surface area contributed by atoms with E-state index in [0.29, 0.717) is 38.9 Å². The highest BCUT2D eigenvalue weighted by Gasteiger charge is 2.16. The number of carbonyl (C=O) groups is 2. The molecule has 0 fully saturated rings. The first kappa shape index (κ1) is 24.6. The molecule has 2 aromatic carbocycles. The number of halogens is 3. The van der Waals surface area contributed by atoms with E-state index in [2.05, 4.69) is 36.8 Å². The minimum Gasteiger partial charge on any atom is -0.326 e. The van der Waals surface area contributed by atoms with Crippen LogP contribution >= 0.6 is 50.9 Å². The Kier molecular flexibility index (Phi) is 8.58. The van der Waals surface area contributed by atoms with Crippen molar-refractivity contribution < 1.29 is 9.59 Å².